The summed E-state index contributed by atoms with van der Waals surface area (Å²) in [5.41, 5.74) is 5.70. The van der Waals surface area contributed by atoms with Crippen molar-refractivity contribution in [2.75, 3.05) is 19.7 Å². The number of carbonyl (C=O) groups is 3. The molecule has 0 aromatic carbocycles. The fourth-order valence-corrected chi connectivity index (χ4v) is 6.07. The van der Waals surface area contributed by atoms with Crippen LogP contribution in [0.5, 0.6) is 0 Å². The molecule has 0 aliphatic carbocycles. The van der Waals surface area contributed by atoms with E-state index in [9.17, 15) is 19.5 Å². The highest BCUT2D eigenvalue weighted by molar-refractivity contribution is 5.98. The van der Waals surface area contributed by atoms with Gasteiger partial charge in [-0.1, -0.05) is 0 Å². The lowest BCUT2D eigenvalue weighted by Gasteiger charge is -2.24. The van der Waals surface area contributed by atoms with E-state index in [1.807, 2.05) is 130 Å². The molecule has 3 N–H and O–H groups in total. The van der Waals surface area contributed by atoms with E-state index < -0.39 is 29.7 Å². The van der Waals surface area contributed by atoms with Crippen LogP contribution in [0, 0.1) is 0 Å². The fourth-order valence-electron chi connectivity index (χ4n) is 6.07. The second-order valence-corrected chi connectivity index (χ2v) is 13.6. The predicted octanol–water partition coefficient (Wildman–Crippen LogP) is 1.06. The maximum absolute atomic E-state index is 13.6. The summed E-state index contributed by atoms with van der Waals surface area (Å²) in [4.78, 5) is 50.8. The largest absolute Gasteiger partial charge is 0.861 e. The minimum Gasteiger partial charge on any atom is -0.861 e. The molecule has 0 radical (unpaired) electrons. The Labute approximate surface area is 336 Å². The molecule has 0 fully saturated rings. The summed E-state index contributed by atoms with van der Waals surface area (Å²) in [6.45, 7) is 3.30. The van der Waals surface area contributed by atoms with Gasteiger partial charge in [0.05, 0.1) is 43.3 Å². The number of amides is 2. The number of aryl methyl sites for hydroxylation is 2. The fraction of sp³-hybridized carbons (Fsp3) is 0.227. The Morgan fingerprint density at radius 2 is 1.34 bits per heavy atom. The van der Waals surface area contributed by atoms with Crippen molar-refractivity contribution < 1.29 is 47.5 Å². The highest BCUT2D eigenvalue weighted by Crippen LogP contribution is 2.17. The van der Waals surface area contributed by atoms with Crippen molar-refractivity contribution in [1.82, 2.24) is 15.6 Å². The summed E-state index contributed by atoms with van der Waals surface area (Å²) in [6, 6.07) is 21.2. The molecule has 1 atom stereocenters. The normalized spacial score (nSPS) is 11.7. The number of aromatic amines is 1. The number of ether oxygens (including phenoxy) is 1. The van der Waals surface area contributed by atoms with Crippen molar-refractivity contribution >= 4 is 23.7 Å². The Hall–Kier alpha value is -7.22. The lowest BCUT2D eigenvalue weighted by Crippen LogP contribution is -2.50. The van der Waals surface area contributed by atoms with Gasteiger partial charge >= 0.3 is 5.97 Å². The second-order valence-electron chi connectivity index (χ2n) is 13.6. The SMILES string of the molecule is CCOC(=O)c1ccnc(-c2cc(C(=O)N[C@@H](CC(=O)NCC[n+]3ccc(-c4cc[n+](C)cc4)cc3)C([O-])=NCC[n+]3ccc(-c4cc[n+](C)cc4)cc3)cc[nH+]2)c1. The van der Waals surface area contributed by atoms with Crippen molar-refractivity contribution in [3.05, 3.63) is 146 Å². The van der Waals surface area contributed by atoms with E-state index in [0.717, 1.165) is 22.3 Å². The van der Waals surface area contributed by atoms with Crippen LogP contribution in [-0.2, 0) is 36.7 Å². The van der Waals surface area contributed by atoms with Crippen LogP contribution < -0.4 is 39.0 Å². The number of nitrogens with one attached hydrogen (secondary N) is 3. The third-order valence-electron chi connectivity index (χ3n) is 9.33. The van der Waals surface area contributed by atoms with E-state index in [0.29, 0.717) is 36.6 Å². The van der Waals surface area contributed by atoms with Crippen molar-refractivity contribution in [1.29, 1.82) is 0 Å². The zero-order valence-corrected chi connectivity index (χ0v) is 32.7. The number of carbonyl (C=O) groups excluding carboxylic acids is 3. The van der Waals surface area contributed by atoms with Crippen LogP contribution in [0.3, 0.4) is 0 Å². The number of hydrogen-bond donors (Lipinski definition) is 2. The van der Waals surface area contributed by atoms with Gasteiger partial charge < -0.3 is 20.5 Å². The molecule has 6 heterocycles. The summed E-state index contributed by atoms with van der Waals surface area (Å²) in [5.74, 6) is -2.11. The number of pyridine rings is 6. The predicted molar refractivity (Wildman–Crippen MR) is 210 cm³/mol. The van der Waals surface area contributed by atoms with Crippen molar-refractivity contribution in [3.8, 4) is 33.6 Å². The molecule has 0 saturated carbocycles. The van der Waals surface area contributed by atoms with Crippen LogP contribution in [0.1, 0.15) is 34.1 Å². The highest BCUT2D eigenvalue weighted by atomic mass is 16.5. The van der Waals surface area contributed by atoms with E-state index >= 15 is 0 Å². The number of aromatic nitrogens is 6. The average Bonchev–Trinajstić information content (AvgIpc) is 3.24. The molecule has 14 nitrogen and oxygen atoms in total. The number of esters is 1. The molecule has 6 rings (SSSR count). The van der Waals surface area contributed by atoms with Gasteiger partial charge in [0, 0.05) is 66.9 Å². The molecule has 6 aromatic rings. The molecule has 0 unspecified atom stereocenters. The summed E-state index contributed by atoms with van der Waals surface area (Å²) in [5, 5.41) is 19.2. The van der Waals surface area contributed by atoms with Crippen LogP contribution in [0.15, 0.2) is 140 Å². The van der Waals surface area contributed by atoms with Crippen molar-refractivity contribution in [2.24, 2.45) is 19.1 Å². The third kappa shape index (κ3) is 11.2. The molecule has 2 amide bonds. The lowest BCUT2D eigenvalue weighted by molar-refractivity contribution is -0.694. The van der Waals surface area contributed by atoms with Gasteiger partial charge in [0.25, 0.3) is 5.91 Å². The lowest BCUT2D eigenvalue weighted by atomic mass is 10.1. The van der Waals surface area contributed by atoms with Gasteiger partial charge in [-0.2, -0.15) is 0 Å². The third-order valence-corrected chi connectivity index (χ3v) is 9.33. The number of rotatable bonds is 16. The van der Waals surface area contributed by atoms with Crippen LogP contribution in [0.4, 0.5) is 0 Å². The minimum absolute atomic E-state index is 0.138. The van der Waals surface area contributed by atoms with Crippen molar-refractivity contribution in [2.45, 2.75) is 32.5 Å². The Morgan fingerprint density at radius 3 is 1.93 bits per heavy atom. The zero-order chi connectivity index (χ0) is 40.9. The number of nitrogens with zero attached hydrogens (tertiary/aromatic N) is 6. The quantitative estimate of drug-likeness (QED) is 0.0647. The molecule has 14 heteroatoms. The first kappa shape index (κ1) is 40.4. The van der Waals surface area contributed by atoms with Gasteiger partial charge in [-0.25, -0.2) is 33.0 Å². The summed E-state index contributed by atoms with van der Waals surface area (Å²) in [6.07, 6.45) is 18.4. The van der Waals surface area contributed by atoms with Crippen LogP contribution in [0.25, 0.3) is 33.6 Å². The first-order valence-corrected chi connectivity index (χ1v) is 19.0. The van der Waals surface area contributed by atoms with E-state index in [4.69, 9.17) is 4.74 Å². The maximum atomic E-state index is 13.6. The van der Waals surface area contributed by atoms with Gasteiger partial charge in [0.2, 0.25) is 11.6 Å². The Morgan fingerprint density at radius 1 is 0.776 bits per heavy atom. The summed E-state index contributed by atoms with van der Waals surface area (Å²) < 4.78 is 12.9. The molecule has 6 aromatic heterocycles. The van der Waals surface area contributed by atoms with Gasteiger partial charge in [-0.3, -0.25) is 14.6 Å². The average molecular weight is 782 g/mol. The van der Waals surface area contributed by atoms with E-state index in [1.165, 1.54) is 6.20 Å². The molecule has 294 valence electrons. The summed E-state index contributed by atoms with van der Waals surface area (Å²) in [7, 11) is 3.93. The number of aliphatic imine (C=N–C) groups is 1. The highest BCUT2D eigenvalue weighted by Gasteiger charge is 2.21. The Balaban J connectivity index is 1.12. The maximum Gasteiger partial charge on any atom is 0.338 e. The second kappa shape index (κ2) is 19.6. The molecule has 58 heavy (non-hydrogen) atoms. The molecular formula is C44H47N9O5+4. The Bertz CT molecular complexity index is 2370. The molecule has 0 saturated heterocycles. The monoisotopic (exact) mass is 781 g/mol. The number of H-pyrrole nitrogens is 1. The molecule has 0 spiro atoms. The van der Waals surface area contributed by atoms with Crippen molar-refractivity contribution in [3.63, 3.8) is 0 Å². The first-order chi connectivity index (χ1) is 28.1. The van der Waals surface area contributed by atoms with E-state index in [1.54, 1.807) is 37.4 Å². The minimum atomic E-state index is -1.23. The van der Waals surface area contributed by atoms with E-state index in [2.05, 4.69) is 25.6 Å². The van der Waals surface area contributed by atoms with Crippen LogP contribution >= 0.6 is 0 Å². The topological polar surface area (TPSA) is 162 Å². The van der Waals surface area contributed by atoms with Crippen LogP contribution in [-0.4, -0.2) is 54.4 Å². The number of hydrogen-bond acceptors (Lipinski definition) is 7. The smallest absolute Gasteiger partial charge is 0.338 e. The zero-order valence-electron chi connectivity index (χ0n) is 32.7. The summed E-state index contributed by atoms with van der Waals surface area (Å²) >= 11 is 0. The molecular weight excluding hydrogens is 735 g/mol. The van der Waals surface area contributed by atoms with Gasteiger partial charge in [0.15, 0.2) is 68.9 Å². The van der Waals surface area contributed by atoms with Crippen LogP contribution in [0.2, 0.25) is 0 Å². The van der Waals surface area contributed by atoms with Gasteiger partial charge in [0.1, 0.15) is 19.8 Å². The van der Waals surface area contributed by atoms with Gasteiger partial charge in [-0.15, -0.1) is 0 Å². The molecule has 0 aliphatic rings. The van der Waals surface area contributed by atoms with E-state index in [-0.39, 0.29) is 25.1 Å². The molecule has 0 bridgehead atoms. The van der Waals surface area contributed by atoms with Gasteiger partial charge in [-0.05, 0) is 47.2 Å². The standard InChI is InChI=1S/C44H44N9O5/c1-4-58-44(57)37-6-16-46-39(30-37)38-29-36(5-15-45-38)42(55)49-40(43(56)48-18-28-53-25-13-35(14-26-53)33-9-21-51(3)22-10-33)31-41(54)47-17-27-52-23-11-34(12-24-52)32-7-19-50(2)20-8-32/h5-16,19-26,29-30,40H,4,17-18,27-28,31H2,1-3H3/q+1/p+3/t40-/m0/s1. The first-order valence-electron chi connectivity index (χ1n) is 19.0. The Kier molecular flexibility index (Phi) is 13.7. The molecule has 0 aliphatic heterocycles.